The Hall–Kier alpha value is -3.14. The summed E-state index contributed by atoms with van der Waals surface area (Å²) in [6, 6.07) is 17.3. The van der Waals surface area contributed by atoms with Gasteiger partial charge in [0.25, 0.3) is 0 Å². The molecule has 0 aliphatic carbocycles. The van der Waals surface area contributed by atoms with Crippen LogP contribution in [0.1, 0.15) is 36.2 Å². The summed E-state index contributed by atoms with van der Waals surface area (Å²) >= 11 is 0. The highest BCUT2D eigenvalue weighted by Gasteiger charge is 2.08. The second-order valence-corrected chi connectivity index (χ2v) is 6.73. The molecular weight excluding hydrogens is 336 g/mol. The first-order valence-corrected chi connectivity index (χ1v) is 9.17. The molecule has 0 atom stereocenters. The predicted molar refractivity (Wildman–Crippen MR) is 111 cm³/mol. The molecule has 0 radical (unpaired) electrons. The van der Waals surface area contributed by atoms with Crippen molar-refractivity contribution in [1.29, 1.82) is 0 Å². The maximum Gasteiger partial charge on any atom is 0.335 e. The Labute approximate surface area is 159 Å². The van der Waals surface area contributed by atoms with Crippen molar-refractivity contribution in [3.8, 4) is 0 Å². The van der Waals surface area contributed by atoms with Gasteiger partial charge in [0, 0.05) is 18.5 Å². The molecule has 0 aliphatic heterocycles. The Bertz CT molecular complexity index is 962. The molecule has 0 fully saturated rings. The van der Waals surface area contributed by atoms with E-state index < -0.39 is 5.97 Å². The molecule has 3 aromatic rings. The number of hydrogen-bond acceptors (Lipinski definition) is 3. The summed E-state index contributed by atoms with van der Waals surface area (Å²) in [5, 5.41) is 10.1. The summed E-state index contributed by atoms with van der Waals surface area (Å²) in [5.74, 6) is -0.903. The van der Waals surface area contributed by atoms with Crippen molar-refractivity contribution in [2.45, 2.75) is 20.3 Å². The number of para-hydroxylation sites is 1. The predicted octanol–water partition coefficient (Wildman–Crippen LogP) is 5.25. The van der Waals surface area contributed by atoms with Crippen LogP contribution in [0.15, 0.2) is 66.4 Å². The van der Waals surface area contributed by atoms with Gasteiger partial charge in [0.1, 0.15) is 0 Å². The van der Waals surface area contributed by atoms with Gasteiger partial charge in [-0.25, -0.2) is 4.79 Å². The van der Waals surface area contributed by atoms with Crippen molar-refractivity contribution in [3.63, 3.8) is 0 Å². The summed E-state index contributed by atoms with van der Waals surface area (Å²) in [5.41, 5.74) is 4.64. The van der Waals surface area contributed by atoms with E-state index >= 15 is 0 Å². The molecule has 0 amide bonds. The molecule has 0 spiro atoms. The first-order chi connectivity index (χ1) is 13.1. The van der Waals surface area contributed by atoms with Gasteiger partial charge < -0.3 is 10.0 Å². The molecule has 0 saturated carbocycles. The third-order valence-corrected chi connectivity index (χ3v) is 4.45. The van der Waals surface area contributed by atoms with Gasteiger partial charge in [-0.15, -0.1) is 0 Å². The number of benzene rings is 2. The average Bonchev–Trinajstić information content (AvgIpc) is 2.67. The number of carbonyl (C=O) groups is 1. The number of carboxylic acid groups (broad SMARTS) is 1. The molecular formula is C23H24N2O2. The van der Waals surface area contributed by atoms with Crippen LogP contribution < -0.4 is 4.90 Å². The number of fused-ring (bicyclic) bond motifs is 1. The summed E-state index contributed by atoms with van der Waals surface area (Å²) in [4.78, 5) is 17.9. The smallest absolute Gasteiger partial charge is 0.335 e. The van der Waals surface area contributed by atoms with Gasteiger partial charge in [0.05, 0.1) is 23.0 Å². The van der Waals surface area contributed by atoms with Crippen molar-refractivity contribution in [3.05, 3.63) is 77.5 Å². The first-order valence-electron chi connectivity index (χ1n) is 9.17. The molecule has 0 bridgehead atoms. The minimum Gasteiger partial charge on any atom is -0.478 e. The Kier molecular flexibility index (Phi) is 5.87. The molecule has 0 unspecified atom stereocenters. The molecule has 1 N–H and O–H groups in total. The minimum atomic E-state index is -0.903. The van der Waals surface area contributed by atoms with Gasteiger partial charge in [-0.3, -0.25) is 4.98 Å². The standard InChI is InChI=1S/C23H24N2O2/c1-3-12-25(21-14-20-6-4-5-7-22(20)24-15-21)16-17(2)13-18-8-10-19(11-9-18)23(26)27/h4-11,13-15H,3,12,16H2,1-2H3,(H,26,27). The van der Waals surface area contributed by atoms with Crippen LogP contribution in [-0.2, 0) is 0 Å². The molecule has 0 saturated heterocycles. The molecule has 27 heavy (non-hydrogen) atoms. The van der Waals surface area contributed by atoms with Gasteiger partial charge >= 0.3 is 5.97 Å². The molecule has 0 aliphatic rings. The van der Waals surface area contributed by atoms with Gasteiger partial charge in [-0.2, -0.15) is 0 Å². The summed E-state index contributed by atoms with van der Waals surface area (Å²) < 4.78 is 0. The maximum absolute atomic E-state index is 11.0. The van der Waals surface area contributed by atoms with Crippen LogP contribution >= 0.6 is 0 Å². The Morgan fingerprint density at radius 1 is 1.15 bits per heavy atom. The maximum atomic E-state index is 11.0. The van der Waals surface area contributed by atoms with E-state index in [4.69, 9.17) is 5.11 Å². The summed E-state index contributed by atoms with van der Waals surface area (Å²) in [7, 11) is 0. The number of rotatable bonds is 7. The van der Waals surface area contributed by atoms with Crippen LogP contribution in [-0.4, -0.2) is 29.1 Å². The van der Waals surface area contributed by atoms with Crippen molar-refractivity contribution in [1.82, 2.24) is 4.98 Å². The van der Waals surface area contributed by atoms with Crippen LogP contribution in [0.2, 0.25) is 0 Å². The van der Waals surface area contributed by atoms with Crippen LogP contribution in [0.3, 0.4) is 0 Å². The lowest BCUT2D eigenvalue weighted by Crippen LogP contribution is -2.26. The zero-order valence-electron chi connectivity index (χ0n) is 15.7. The fourth-order valence-electron chi connectivity index (χ4n) is 3.15. The van der Waals surface area contributed by atoms with Crippen molar-refractivity contribution in [2.75, 3.05) is 18.0 Å². The summed E-state index contributed by atoms with van der Waals surface area (Å²) in [6.45, 7) is 6.02. The highest BCUT2D eigenvalue weighted by Crippen LogP contribution is 2.21. The zero-order valence-corrected chi connectivity index (χ0v) is 15.7. The van der Waals surface area contributed by atoms with E-state index in [2.05, 4.69) is 41.9 Å². The normalized spacial score (nSPS) is 11.6. The molecule has 1 aromatic heterocycles. The fourth-order valence-corrected chi connectivity index (χ4v) is 3.15. The number of anilines is 1. The second-order valence-electron chi connectivity index (χ2n) is 6.73. The largest absolute Gasteiger partial charge is 0.478 e. The number of nitrogens with zero attached hydrogens (tertiary/aromatic N) is 2. The van der Waals surface area contributed by atoms with Crippen LogP contribution in [0.5, 0.6) is 0 Å². The molecule has 2 aromatic carbocycles. The molecule has 4 heteroatoms. The highest BCUT2D eigenvalue weighted by atomic mass is 16.4. The van der Waals surface area contributed by atoms with Gasteiger partial charge in [0.2, 0.25) is 0 Å². The van der Waals surface area contributed by atoms with E-state index in [9.17, 15) is 4.79 Å². The van der Waals surface area contributed by atoms with Gasteiger partial charge in [0.15, 0.2) is 0 Å². The van der Waals surface area contributed by atoms with E-state index in [0.717, 1.165) is 41.7 Å². The Morgan fingerprint density at radius 3 is 2.59 bits per heavy atom. The number of pyridine rings is 1. The zero-order chi connectivity index (χ0) is 19.2. The van der Waals surface area contributed by atoms with Crippen molar-refractivity contribution < 1.29 is 9.90 Å². The van der Waals surface area contributed by atoms with E-state index in [1.807, 2.05) is 36.5 Å². The van der Waals surface area contributed by atoms with Gasteiger partial charge in [-0.1, -0.05) is 48.9 Å². The fraction of sp³-hybridized carbons (Fsp3) is 0.217. The van der Waals surface area contributed by atoms with E-state index in [-0.39, 0.29) is 0 Å². The molecule has 1 heterocycles. The van der Waals surface area contributed by atoms with E-state index in [1.165, 1.54) is 5.57 Å². The minimum absolute atomic E-state index is 0.305. The highest BCUT2D eigenvalue weighted by molar-refractivity contribution is 5.87. The molecule has 138 valence electrons. The lowest BCUT2D eigenvalue weighted by molar-refractivity contribution is 0.0697. The van der Waals surface area contributed by atoms with Crippen LogP contribution in [0.25, 0.3) is 17.0 Å². The Morgan fingerprint density at radius 2 is 1.89 bits per heavy atom. The van der Waals surface area contributed by atoms with Crippen LogP contribution in [0, 0.1) is 0 Å². The van der Waals surface area contributed by atoms with E-state index in [0.29, 0.717) is 5.56 Å². The SMILES string of the molecule is CCCN(CC(C)=Cc1ccc(C(=O)O)cc1)c1cnc2ccccc2c1. The van der Waals surface area contributed by atoms with E-state index in [1.54, 1.807) is 12.1 Å². The van der Waals surface area contributed by atoms with Crippen molar-refractivity contribution in [2.24, 2.45) is 0 Å². The average molecular weight is 360 g/mol. The quantitative estimate of drug-likeness (QED) is 0.625. The van der Waals surface area contributed by atoms with Crippen molar-refractivity contribution >= 4 is 28.6 Å². The third kappa shape index (κ3) is 4.73. The molecule has 3 rings (SSSR count). The van der Waals surface area contributed by atoms with Gasteiger partial charge in [-0.05, 0) is 43.2 Å². The topological polar surface area (TPSA) is 53.4 Å². The first kappa shape index (κ1) is 18.6. The number of hydrogen-bond donors (Lipinski definition) is 1. The number of aromatic nitrogens is 1. The second kappa shape index (κ2) is 8.49. The Balaban J connectivity index is 1.80. The lowest BCUT2D eigenvalue weighted by Gasteiger charge is -2.25. The summed E-state index contributed by atoms with van der Waals surface area (Å²) in [6.07, 6.45) is 5.09. The number of carboxylic acids is 1. The monoisotopic (exact) mass is 360 g/mol. The number of aromatic carboxylic acids is 1. The molecule has 4 nitrogen and oxygen atoms in total. The van der Waals surface area contributed by atoms with Crippen LogP contribution in [0.4, 0.5) is 5.69 Å². The third-order valence-electron chi connectivity index (χ3n) is 4.45. The lowest BCUT2D eigenvalue weighted by atomic mass is 10.1.